The first kappa shape index (κ1) is 14.1. The minimum atomic E-state index is -0.259. The van der Waals surface area contributed by atoms with Gasteiger partial charge in [-0.25, -0.2) is 0 Å². The summed E-state index contributed by atoms with van der Waals surface area (Å²) in [5, 5.41) is 0. The van der Waals surface area contributed by atoms with Gasteiger partial charge in [0, 0.05) is 11.8 Å². The van der Waals surface area contributed by atoms with E-state index in [-0.39, 0.29) is 30.0 Å². The molecule has 0 aromatic rings. The molecule has 3 nitrogen and oxygen atoms in total. The van der Waals surface area contributed by atoms with Crippen molar-refractivity contribution < 1.29 is 14.3 Å². The number of ether oxygens (including phenoxy) is 1. The third kappa shape index (κ3) is 5.55. The van der Waals surface area contributed by atoms with Crippen LogP contribution < -0.4 is 0 Å². The number of ketones is 1. The van der Waals surface area contributed by atoms with Crippen LogP contribution in [0.25, 0.3) is 0 Å². The van der Waals surface area contributed by atoms with Crippen LogP contribution in [0.5, 0.6) is 0 Å². The molecule has 0 saturated carbocycles. The molecule has 0 aliphatic heterocycles. The molecule has 0 aliphatic carbocycles. The van der Waals surface area contributed by atoms with Gasteiger partial charge in [-0.15, -0.1) is 0 Å². The van der Waals surface area contributed by atoms with Gasteiger partial charge in [-0.3, -0.25) is 9.59 Å². The van der Waals surface area contributed by atoms with Gasteiger partial charge >= 0.3 is 5.97 Å². The summed E-state index contributed by atoms with van der Waals surface area (Å²) in [5.41, 5.74) is 0. The fourth-order valence-corrected chi connectivity index (χ4v) is 1.59. The van der Waals surface area contributed by atoms with Crippen LogP contribution in [0.4, 0.5) is 0 Å². The van der Waals surface area contributed by atoms with Crippen LogP contribution in [0.1, 0.15) is 47.0 Å². The summed E-state index contributed by atoms with van der Waals surface area (Å²) in [6.45, 7) is 7.92. The molecule has 0 aromatic carbocycles. The molecule has 0 bridgehead atoms. The standard InChI is InChI=1S/C12H22O3/c1-5-7-10(12(14)9(3)4)8-11(13)15-6-2/h9-10H,5-8H2,1-4H3. The van der Waals surface area contributed by atoms with Crippen LogP contribution in [-0.2, 0) is 14.3 Å². The van der Waals surface area contributed by atoms with E-state index in [4.69, 9.17) is 4.74 Å². The average Bonchev–Trinajstić information content (AvgIpc) is 2.16. The predicted molar refractivity (Wildman–Crippen MR) is 59.5 cm³/mol. The van der Waals surface area contributed by atoms with Crippen molar-refractivity contribution in [2.75, 3.05) is 6.61 Å². The molecule has 0 radical (unpaired) electrons. The Hall–Kier alpha value is -0.860. The fourth-order valence-electron chi connectivity index (χ4n) is 1.59. The lowest BCUT2D eigenvalue weighted by Crippen LogP contribution is -2.23. The first-order valence-corrected chi connectivity index (χ1v) is 5.72. The van der Waals surface area contributed by atoms with Gasteiger partial charge in [0.25, 0.3) is 0 Å². The molecule has 0 rings (SSSR count). The second-order valence-electron chi connectivity index (χ2n) is 4.05. The SMILES string of the molecule is CCCC(CC(=O)OCC)C(=O)C(C)C. The molecule has 3 heteroatoms. The summed E-state index contributed by atoms with van der Waals surface area (Å²) in [6.07, 6.45) is 1.93. The predicted octanol–water partition coefficient (Wildman–Crippen LogP) is 2.58. The van der Waals surface area contributed by atoms with E-state index in [9.17, 15) is 9.59 Å². The zero-order chi connectivity index (χ0) is 11.8. The second-order valence-corrected chi connectivity index (χ2v) is 4.05. The Morgan fingerprint density at radius 3 is 2.20 bits per heavy atom. The molecule has 1 unspecified atom stereocenters. The lowest BCUT2D eigenvalue weighted by Gasteiger charge is -2.16. The molecule has 1 atom stereocenters. The third-order valence-electron chi connectivity index (χ3n) is 2.33. The lowest BCUT2D eigenvalue weighted by atomic mass is 9.89. The van der Waals surface area contributed by atoms with Gasteiger partial charge in [0.15, 0.2) is 0 Å². The summed E-state index contributed by atoms with van der Waals surface area (Å²) in [6, 6.07) is 0. The van der Waals surface area contributed by atoms with E-state index in [2.05, 4.69) is 0 Å². The summed E-state index contributed by atoms with van der Waals surface area (Å²) >= 11 is 0. The molecular weight excluding hydrogens is 192 g/mol. The van der Waals surface area contributed by atoms with Crippen molar-refractivity contribution in [3.05, 3.63) is 0 Å². The number of hydrogen-bond acceptors (Lipinski definition) is 3. The topological polar surface area (TPSA) is 43.4 Å². The van der Waals surface area contributed by atoms with Gasteiger partial charge in [-0.05, 0) is 13.3 Å². The highest BCUT2D eigenvalue weighted by Gasteiger charge is 2.23. The minimum Gasteiger partial charge on any atom is -0.466 e. The van der Waals surface area contributed by atoms with E-state index >= 15 is 0 Å². The number of esters is 1. The second kappa shape index (κ2) is 7.43. The number of hydrogen-bond donors (Lipinski definition) is 0. The molecule has 0 spiro atoms. The van der Waals surface area contributed by atoms with Crippen molar-refractivity contribution in [3.8, 4) is 0 Å². The van der Waals surface area contributed by atoms with Crippen LogP contribution in [-0.4, -0.2) is 18.4 Å². The molecule has 88 valence electrons. The maximum Gasteiger partial charge on any atom is 0.306 e. The van der Waals surface area contributed by atoms with Crippen molar-refractivity contribution in [1.29, 1.82) is 0 Å². The molecule has 0 amide bonds. The summed E-state index contributed by atoms with van der Waals surface area (Å²) in [4.78, 5) is 23.0. The molecule has 0 aromatic heterocycles. The maximum absolute atomic E-state index is 11.8. The highest BCUT2D eigenvalue weighted by Crippen LogP contribution is 2.17. The van der Waals surface area contributed by atoms with Crippen LogP contribution in [0.2, 0.25) is 0 Å². The van der Waals surface area contributed by atoms with E-state index in [0.29, 0.717) is 6.61 Å². The Bertz CT molecular complexity index is 209. The Kier molecular flexibility index (Phi) is 7.01. The van der Waals surface area contributed by atoms with E-state index < -0.39 is 0 Å². The van der Waals surface area contributed by atoms with Crippen molar-refractivity contribution in [1.82, 2.24) is 0 Å². The molecule has 0 heterocycles. The van der Waals surface area contributed by atoms with E-state index in [0.717, 1.165) is 12.8 Å². The Morgan fingerprint density at radius 1 is 1.20 bits per heavy atom. The third-order valence-corrected chi connectivity index (χ3v) is 2.33. The fraction of sp³-hybridized carbons (Fsp3) is 0.833. The number of carbonyl (C=O) groups excluding carboxylic acids is 2. The normalized spacial score (nSPS) is 12.6. The monoisotopic (exact) mass is 214 g/mol. The highest BCUT2D eigenvalue weighted by molar-refractivity contribution is 5.86. The van der Waals surface area contributed by atoms with Gasteiger partial charge < -0.3 is 4.74 Å². The quantitative estimate of drug-likeness (QED) is 0.612. The van der Waals surface area contributed by atoms with Crippen molar-refractivity contribution >= 4 is 11.8 Å². The van der Waals surface area contributed by atoms with Gasteiger partial charge in [0.2, 0.25) is 0 Å². The van der Waals surface area contributed by atoms with Gasteiger partial charge in [-0.2, -0.15) is 0 Å². The van der Waals surface area contributed by atoms with Crippen LogP contribution in [0.3, 0.4) is 0 Å². The smallest absolute Gasteiger partial charge is 0.306 e. The van der Waals surface area contributed by atoms with Crippen molar-refractivity contribution in [3.63, 3.8) is 0 Å². The zero-order valence-electron chi connectivity index (χ0n) is 10.2. The van der Waals surface area contributed by atoms with Gasteiger partial charge in [-0.1, -0.05) is 27.2 Å². The summed E-state index contributed by atoms with van der Waals surface area (Å²) in [5.74, 6) is -0.250. The number of carbonyl (C=O) groups is 2. The number of rotatable bonds is 7. The molecule has 0 fully saturated rings. The highest BCUT2D eigenvalue weighted by atomic mass is 16.5. The Balaban J connectivity index is 4.26. The van der Waals surface area contributed by atoms with Crippen molar-refractivity contribution in [2.24, 2.45) is 11.8 Å². The summed E-state index contributed by atoms with van der Waals surface area (Å²) in [7, 11) is 0. The molecule has 15 heavy (non-hydrogen) atoms. The van der Waals surface area contributed by atoms with E-state index in [1.54, 1.807) is 6.92 Å². The van der Waals surface area contributed by atoms with Crippen LogP contribution >= 0.6 is 0 Å². The lowest BCUT2D eigenvalue weighted by molar-refractivity contribution is -0.146. The van der Waals surface area contributed by atoms with E-state index in [1.807, 2.05) is 20.8 Å². The minimum absolute atomic E-state index is 0.00373. The largest absolute Gasteiger partial charge is 0.466 e. The zero-order valence-corrected chi connectivity index (χ0v) is 10.2. The van der Waals surface area contributed by atoms with Crippen LogP contribution in [0.15, 0.2) is 0 Å². The summed E-state index contributed by atoms with van der Waals surface area (Å²) < 4.78 is 4.86. The molecule has 0 aliphatic rings. The first-order chi connectivity index (χ1) is 7.02. The number of Topliss-reactive ketones (excluding diaryl/α,β-unsaturated/α-hetero) is 1. The van der Waals surface area contributed by atoms with E-state index in [1.165, 1.54) is 0 Å². The molecular formula is C12H22O3. The first-order valence-electron chi connectivity index (χ1n) is 5.72. The Labute approximate surface area is 92.2 Å². The maximum atomic E-state index is 11.8. The average molecular weight is 214 g/mol. The van der Waals surface area contributed by atoms with Gasteiger partial charge in [0.05, 0.1) is 13.0 Å². The van der Waals surface area contributed by atoms with Crippen LogP contribution in [0, 0.1) is 11.8 Å². The molecule has 0 saturated heterocycles. The van der Waals surface area contributed by atoms with Gasteiger partial charge in [0.1, 0.15) is 5.78 Å². The molecule has 0 N–H and O–H groups in total. The Morgan fingerprint density at radius 2 is 1.80 bits per heavy atom. The van der Waals surface area contributed by atoms with Crippen molar-refractivity contribution in [2.45, 2.75) is 47.0 Å².